The van der Waals surface area contributed by atoms with Crippen molar-refractivity contribution in [1.29, 1.82) is 0 Å². The van der Waals surface area contributed by atoms with Gasteiger partial charge in [-0.3, -0.25) is 0 Å². The van der Waals surface area contributed by atoms with Crippen molar-refractivity contribution in [3.05, 3.63) is 24.7 Å². The Hall–Kier alpha value is -0.535. The summed E-state index contributed by atoms with van der Waals surface area (Å²) in [5.74, 6) is 4.64. The summed E-state index contributed by atoms with van der Waals surface area (Å²) in [7, 11) is 1.31. The van der Waals surface area contributed by atoms with Crippen LogP contribution in [0.4, 0.5) is 0 Å². The van der Waals surface area contributed by atoms with E-state index in [1.807, 2.05) is 0 Å². The summed E-state index contributed by atoms with van der Waals surface area (Å²) in [6.07, 6.45) is 1.55. The smallest absolute Gasteiger partial charge is 0.360 e. The Balaban J connectivity index is 3.17. The minimum absolute atomic E-state index is 0.669. The number of allylic oxidation sites excluding steroid dienone is 2. The topological polar surface area (TPSA) is 35.2 Å². The predicted octanol–water partition coefficient (Wildman–Crippen LogP) is 0.196. The molecule has 2 nitrogen and oxygen atoms in total. The van der Waals surface area contributed by atoms with Gasteiger partial charge in [-0.15, -0.1) is 6.58 Å². The fraction of sp³-hybridized carbons (Fsp3) is 0. The molecule has 0 aromatic heterocycles. The monoisotopic (exact) mass is 96.1 g/mol. The maximum Gasteiger partial charge on any atom is 0.360 e. The highest BCUT2D eigenvalue weighted by Gasteiger charge is 1.87. The van der Waals surface area contributed by atoms with E-state index in [2.05, 4.69) is 23.8 Å². The first-order chi connectivity index (χ1) is 3.31. The molecule has 0 saturated heterocycles. The van der Waals surface area contributed by atoms with Crippen LogP contribution in [0.25, 0.3) is 0 Å². The van der Waals surface area contributed by atoms with Crippen molar-refractivity contribution in [3.63, 3.8) is 0 Å². The molecule has 0 aliphatic carbocycles. The highest BCUT2D eigenvalue weighted by Crippen LogP contribution is 1.83. The van der Waals surface area contributed by atoms with Gasteiger partial charge in [-0.2, -0.15) is 0 Å². The van der Waals surface area contributed by atoms with Crippen molar-refractivity contribution in [2.24, 2.45) is 5.90 Å². The largest absolute Gasteiger partial charge is 0.365 e. The lowest BCUT2D eigenvalue weighted by Crippen LogP contribution is -2.05. The number of nitrogens with two attached hydrogens (primary N) is 1. The zero-order chi connectivity index (χ0) is 5.70. The van der Waals surface area contributed by atoms with Crippen molar-refractivity contribution in [2.75, 3.05) is 0 Å². The van der Waals surface area contributed by atoms with Crippen molar-refractivity contribution in [1.82, 2.24) is 0 Å². The first-order valence-electron chi connectivity index (χ1n) is 1.81. The molecule has 0 rings (SSSR count). The molecule has 0 aliphatic heterocycles. The summed E-state index contributed by atoms with van der Waals surface area (Å²) in [6, 6.07) is 0. The summed E-state index contributed by atoms with van der Waals surface area (Å²) in [4.78, 5) is 0. The summed E-state index contributed by atoms with van der Waals surface area (Å²) >= 11 is 0. The molecule has 0 bridgehead atoms. The van der Waals surface area contributed by atoms with Crippen molar-refractivity contribution >= 4 is 7.48 Å². The van der Waals surface area contributed by atoms with Crippen LogP contribution in [0.3, 0.4) is 0 Å². The Morgan fingerprint density at radius 1 is 1.86 bits per heavy atom. The number of hydrogen-bond acceptors (Lipinski definition) is 2. The van der Waals surface area contributed by atoms with E-state index < -0.39 is 0 Å². The van der Waals surface area contributed by atoms with E-state index in [4.69, 9.17) is 0 Å². The lowest BCUT2D eigenvalue weighted by Gasteiger charge is -1.88. The van der Waals surface area contributed by atoms with Crippen LogP contribution in [0.2, 0.25) is 0 Å². The maximum atomic E-state index is 4.64. The fourth-order valence-corrected chi connectivity index (χ4v) is 0.136. The van der Waals surface area contributed by atoms with Crippen LogP contribution in [0, 0.1) is 0 Å². The van der Waals surface area contributed by atoms with Gasteiger partial charge < -0.3 is 4.76 Å². The van der Waals surface area contributed by atoms with Crippen LogP contribution in [0.15, 0.2) is 24.7 Å². The van der Waals surface area contributed by atoms with E-state index in [9.17, 15) is 0 Å². The first-order valence-corrected chi connectivity index (χ1v) is 1.81. The molecule has 7 heavy (non-hydrogen) atoms. The molecule has 0 aliphatic rings. The molecule has 1 radical (unpaired) electrons. The SMILES string of the molecule is C=CC(=C)[B]ON. The molecule has 0 spiro atoms. The maximum absolute atomic E-state index is 4.64. The molecular weight excluding hydrogens is 88.9 g/mol. The van der Waals surface area contributed by atoms with E-state index in [1.165, 1.54) is 7.48 Å². The average Bonchev–Trinajstić information content (AvgIpc) is 1.68. The lowest BCUT2D eigenvalue weighted by atomic mass is 9.90. The standard InChI is InChI=1S/C4H7BNO/c1-3-4(2)5-7-6/h3H,1-2,6H2. The highest BCUT2D eigenvalue weighted by molar-refractivity contribution is 6.38. The third-order valence-corrected chi connectivity index (χ3v) is 0.482. The van der Waals surface area contributed by atoms with E-state index in [0.717, 1.165) is 0 Å². The quantitative estimate of drug-likeness (QED) is 0.309. The second-order valence-electron chi connectivity index (χ2n) is 1.03. The molecule has 0 saturated carbocycles. The summed E-state index contributed by atoms with van der Waals surface area (Å²) in [5, 5.41) is 0. The second kappa shape index (κ2) is 3.65. The van der Waals surface area contributed by atoms with Gasteiger partial charge in [-0.1, -0.05) is 18.1 Å². The highest BCUT2D eigenvalue weighted by atomic mass is 16.6. The second-order valence-corrected chi connectivity index (χ2v) is 1.03. The van der Waals surface area contributed by atoms with Gasteiger partial charge >= 0.3 is 7.48 Å². The van der Waals surface area contributed by atoms with E-state index in [1.54, 1.807) is 6.08 Å². The molecule has 0 unspecified atom stereocenters. The molecule has 0 heterocycles. The third-order valence-electron chi connectivity index (χ3n) is 0.482. The van der Waals surface area contributed by atoms with Gasteiger partial charge in [-0.25, -0.2) is 5.90 Å². The van der Waals surface area contributed by atoms with Crippen LogP contribution < -0.4 is 5.90 Å². The Labute approximate surface area is 43.9 Å². The van der Waals surface area contributed by atoms with Gasteiger partial charge in [0.25, 0.3) is 0 Å². The molecule has 0 atom stereocenters. The fourth-order valence-electron chi connectivity index (χ4n) is 0.136. The van der Waals surface area contributed by atoms with Crippen LogP contribution in [-0.2, 0) is 4.76 Å². The average molecular weight is 95.9 g/mol. The minimum Gasteiger partial charge on any atom is -0.365 e. The minimum atomic E-state index is 0.669. The van der Waals surface area contributed by atoms with Gasteiger partial charge in [-0.05, 0) is 0 Å². The van der Waals surface area contributed by atoms with E-state index >= 15 is 0 Å². The van der Waals surface area contributed by atoms with Gasteiger partial charge in [0.05, 0.1) is 0 Å². The van der Waals surface area contributed by atoms with Gasteiger partial charge in [0.2, 0.25) is 0 Å². The molecule has 0 aromatic carbocycles. The summed E-state index contributed by atoms with van der Waals surface area (Å²) in [6.45, 7) is 6.90. The van der Waals surface area contributed by atoms with Gasteiger partial charge in [0.1, 0.15) is 0 Å². The Morgan fingerprint density at radius 3 is 2.57 bits per heavy atom. The number of hydrogen-bond donors (Lipinski definition) is 1. The van der Waals surface area contributed by atoms with Gasteiger partial charge in [0.15, 0.2) is 0 Å². The number of rotatable bonds is 3. The Bertz CT molecular complexity index is 81.8. The predicted molar refractivity (Wildman–Crippen MR) is 30.4 cm³/mol. The van der Waals surface area contributed by atoms with Crippen LogP contribution in [0.1, 0.15) is 0 Å². The first kappa shape index (κ1) is 6.46. The van der Waals surface area contributed by atoms with Crippen LogP contribution in [0.5, 0.6) is 0 Å². The van der Waals surface area contributed by atoms with Crippen molar-refractivity contribution < 1.29 is 4.76 Å². The Kier molecular flexibility index (Phi) is 3.37. The zero-order valence-electron chi connectivity index (χ0n) is 4.05. The van der Waals surface area contributed by atoms with Crippen LogP contribution in [-0.4, -0.2) is 7.48 Å². The van der Waals surface area contributed by atoms with Crippen molar-refractivity contribution in [2.45, 2.75) is 0 Å². The van der Waals surface area contributed by atoms with E-state index in [0.29, 0.717) is 5.47 Å². The molecular formula is C4H7BNO. The molecule has 2 N–H and O–H groups in total. The normalized spacial score (nSPS) is 7.57. The molecule has 0 amide bonds. The van der Waals surface area contributed by atoms with Gasteiger partial charge in [0, 0.05) is 0 Å². The summed E-state index contributed by atoms with van der Waals surface area (Å²) in [5.41, 5.74) is 0.669. The lowest BCUT2D eigenvalue weighted by molar-refractivity contribution is 0.360. The van der Waals surface area contributed by atoms with Crippen LogP contribution >= 0.6 is 0 Å². The Morgan fingerprint density at radius 2 is 2.43 bits per heavy atom. The molecule has 3 heteroatoms. The molecule has 0 fully saturated rings. The van der Waals surface area contributed by atoms with E-state index in [-0.39, 0.29) is 0 Å². The zero-order valence-corrected chi connectivity index (χ0v) is 4.05. The third kappa shape index (κ3) is 3.29. The molecule has 0 aromatic rings. The molecule has 37 valence electrons. The van der Waals surface area contributed by atoms with Crippen molar-refractivity contribution in [3.8, 4) is 0 Å². The summed E-state index contributed by atoms with van der Waals surface area (Å²) < 4.78 is 4.10.